The van der Waals surface area contributed by atoms with Crippen molar-refractivity contribution >= 4 is 27.6 Å². The zero-order chi connectivity index (χ0) is 24.4. The van der Waals surface area contributed by atoms with Crippen LogP contribution in [-0.2, 0) is 24.3 Å². The molecule has 0 saturated heterocycles. The zero-order valence-corrected chi connectivity index (χ0v) is 19.6. The van der Waals surface area contributed by atoms with Crippen molar-refractivity contribution in [2.45, 2.75) is 38.1 Å². The van der Waals surface area contributed by atoms with E-state index in [1.54, 1.807) is 36.4 Å². The highest BCUT2D eigenvalue weighted by atomic mass is 32.2. The number of hydrogen-bond acceptors (Lipinski definition) is 7. The number of amides is 1. The van der Waals surface area contributed by atoms with E-state index >= 15 is 0 Å². The number of nitrogens with one attached hydrogen (secondary N) is 1. The summed E-state index contributed by atoms with van der Waals surface area (Å²) in [6, 6.07) is 13.7. The molecule has 1 atom stereocenters. The zero-order valence-electron chi connectivity index (χ0n) is 18.8. The van der Waals surface area contributed by atoms with Gasteiger partial charge in [0.25, 0.3) is 5.91 Å². The number of carbonyl (C=O) groups excluding carboxylic acids is 2. The molecule has 0 aromatic heterocycles. The average Bonchev–Trinajstić information content (AvgIpc) is 2.78. The molecular formula is C23H27N3O6S. The van der Waals surface area contributed by atoms with Crippen LogP contribution in [0.5, 0.6) is 5.75 Å². The third-order valence-electron chi connectivity index (χ3n) is 4.56. The smallest absolute Gasteiger partial charge is 0.324 e. The van der Waals surface area contributed by atoms with E-state index in [1.165, 1.54) is 24.0 Å². The molecule has 176 valence electrons. The lowest BCUT2D eigenvalue weighted by Gasteiger charge is -2.22. The van der Waals surface area contributed by atoms with Gasteiger partial charge < -0.3 is 14.4 Å². The molecule has 2 aromatic rings. The molecule has 0 saturated carbocycles. The van der Waals surface area contributed by atoms with Gasteiger partial charge in [-0.3, -0.25) is 9.59 Å². The van der Waals surface area contributed by atoms with Crippen molar-refractivity contribution in [2.75, 3.05) is 24.7 Å². The molecule has 10 heteroatoms. The molecule has 2 rings (SSSR count). The molecule has 33 heavy (non-hydrogen) atoms. The Hall–Kier alpha value is -3.42. The first-order valence-corrected chi connectivity index (χ1v) is 11.8. The maximum Gasteiger partial charge on any atom is 0.324 e. The Kier molecular flexibility index (Phi) is 9.39. The summed E-state index contributed by atoms with van der Waals surface area (Å²) in [5.41, 5.74) is 1.41. The number of nitriles is 1. The van der Waals surface area contributed by atoms with Crippen molar-refractivity contribution < 1.29 is 27.5 Å². The van der Waals surface area contributed by atoms with Crippen LogP contribution in [0.2, 0.25) is 0 Å². The highest BCUT2D eigenvalue weighted by molar-refractivity contribution is 7.89. The number of carbonyl (C=O) groups is 2. The van der Waals surface area contributed by atoms with Gasteiger partial charge in [-0.2, -0.15) is 9.98 Å². The molecule has 0 fully saturated rings. The van der Waals surface area contributed by atoms with Gasteiger partial charge in [-0.05, 0) is 57.2 Å². The SMILES string of the molecule is CCOc1ccc(N(CCC#N)C(=O)COC(=O)[C@H](C)NS(=O)(=O)c2ccc(C)cc2)cc1. The summed E-state index contributed by atoms with van der Waals surface area (Å²) in [5, 5.41) is 8.91. The fourth-order valence-corrected chi connectivity index (χ4v) is 4.04. The first-order valence-electron chi connectivity index (χ1n) is 10.3. The minimum atomic E-state index is -3.93. The average molecular weight is 474 g/mol. The van der Waals surface area contributed by atoms with E-state index in [0.29, 0.717) is 18.0 Å². The highest BCUT2D eigenvalue weighted by Gasteiger charge is 2.25. The molecule has 0 aliphatic carbocycles. The van der Waals surface area contributed by atoms with E-state index in [2.05, 4.69) is 4.72 Å². The molecule has 0 heterocycles. The fourth-order valence-electron chi connectivity index (χ4n) is 2.85. The number of hydrogen-bond donors (Lipinski definition) is 1. The van der Waals surface area contributed by atoms with Gasteiger partial charge in [0, 0.05) is 12.2 Å². The summed E-state index contributed by atoms with van der Waals surface area (Å²) in [5.74, 6) is -0.808. The second-order valence-electron chi connectivity index (χ2n) is 7.14. The predicted molar refractivity (Wildman–Crippen MR) is 122 cm³/mol. The molecule has 1 N–H and O–H groups in total. The van der Waals surface area contributed by atoms with Crippen molar-refractivity contribution in [1.82, 2.24) is 4.72 Å². The van der Waals surface area contributed by atoms with Crippen LogP contribution in [-0.4, -0.2) is 46.1 Å². The summed E-state index contributed by atoms with van der Waals surface area (Å²) < 4.78 is 37.6. The first kappa shape index (κ1) is 25.8. The Bertz CT molecular complexity index is 1090. The summed E-state index contributed by atoms with van der Waals surface area (Å²) in [6.07, 6.45) is 0.0830. The Morgan fingerprint density at radius 2 is 1.76 bits per heavy atom. The number of benzene rings is 2. The second kappa shape index (κ2) is 12.0. The molecule has 9 nitrogen and oxygen atoms in total. The van der Waals surface area contributed by atoms with E-state index in [0.717, 1.165) is 5.56 Å². The van der Waals surface area contributed by atoms with Crippen LogP contribution >= 0.6 is 0 Å². The minimum Gasteiger partial charge on any atom is -0.494 e. The van der Waals surface area contributed by atoms with E-state index in [9.17, 15) is 18.0 Å². The number of sulfonamides is 1. The van der Waals surface area contributed by atoms with Gasteiger partial charge in [-0.1, -0.05) is 17.7 Å². The van der Waals surface area contributed by atoms with Crippen molar-refractivity contribution in [3.63, 3.8) is 0 Å². The van der Waals surface area contributed by atoms with Crippen LogP contribution in [0.25, 0.3) is 0 Å². The summed E-state index contributed by atoms with van der Waals surface area (Å²) in [6.45, 7) is 5.02. The first-order chi connectivity index (χ1) is 15.7. The minimum absolute atomic E-state index is 0.0157. The third-order valence-corrected chi connectivity index (χ3v) is 6.12. The molecule has 0 unspecified atom stereocenters. The maximum absolute atomic E-state index is 12.7. The molecule has 1 amide bonds. The lowest BCUT2D eigenvalue weighted by molar-refractivity contribution is -0.149. The number of anilines is 1. The molecular weight excluding hydrogens is 446 g/mol. The van der Waals surface area contributed by atoms with Gasteiger partial charge in [0.15, 0.2) is 6.61 Å². The van der Waals surface area contributed by atoms with Crippen molar-refractivity contribution in [2.24, 2.45) is 0 Å². The summed E-state index contributed by atoms with van der Waals surface area (Å²) in [4.78, 5) is 26.3. The number of nitrogens with zero attached hydrogens (tertiary/aromatic N) is 2. The van der Waals surface area contributed by atoms with Gasteiger partial charge in [-0.25, -0.2) is 8.42 Å². The van der Waals surface area contributed by atoms with Crippen molar-refractivity contribution in [3.05, 3.63) is 54.1 Å². The lowest BCUT2D eigenvalue weighted by Crippen LogP contribution is -2.41. The van der Waals surface area contributed by atoms with Gasteiger partial charge in [0.2, 0.25) is 10.0 Å². The molecule has 0 aliphatic heterocycles. The summed E-state index contributed by atoms with van der Waals surface area (Å²) in [7, 11) is -3.93. The van der Waals surface area contributed by atoms with Crippen LogP contribution < -0.4 is 14.4 Å². The maximum atomic E-state index is 12.7. The molecule has 0 spiro atoms. The molecule has 2 aromatic carbocycles. The van der Waals surface area contributed by atoms with Crippen LogP contribution in [0.3, 0.4) is 0 Å². The predicted octanol–water partition coefficient (Wildman–Crippen LogP) is 2.55. The fraction of sp³-hybridized carbons (Fsp3) is 0.348. The standard InChI is InChI=1S/C23H27N3O6S/c1-4-31-20-10-8-19(9-11-20)26(15-5-14-24)22(27)16-32-23(28)18(3)25-33(29,30)21-12-6-17(2)7-13-21/h6-13,18,25H,4-5,15-16H2,1-3H3/t18-/m0/s1. The number of esters is 1. The largest absolute Gasteiger partial charge is 0.494 e. The van der Waals surface area contributed by atoms with E-state index in [-0.39, 0.29) is 17.9 Å². The monoisotopic (exact) mass is 473 g/mol. The normalized spacial score (nSPS) is 11.8. The highest BCUT2D eigenvalue weighted by Crippen LogP contribution is 2.20. The van der Waals surface area contributed by atoms with Gasteiger partial charge >= 0.3 is 5.97 Å². The number of rotatable bonds is 11. The van der Waals surface area contributed by atoms with Crippen molar-refractivity contribution in [3.8, 4) is 11.8 Å². The van der Waals surface area contributed by atoms with E-state index in [4.69, 9.17) is 14.7 Å². The number of aryl methyl sites for hydroxylation is 1. The van der Waals surface area contributed by atoms with Gasteiger partial charge in [0.05, 0.1) is 24.0 Å². The van der Waals surface area contributed by atoms with Crippen LogP contribution in [0, 0.1) is 18.3 Å². The Morgan fingerprint density at radius 1 is 1.12 bits per heavy atom. The van der Waals surface area contributed by atoms with E-state index < -0.39 is 34.5 Å². The van der Waals surface area contributed by atoms with Crippen LogP contribution in [0.15, 0.2) is 53.4 Å². The Morgan fingerprint density at radius 3 is 2.33 bits per heavy atom. The molecule has 0 aliphatic rings. The lowest BCUT2D eigenvalue weighted by atomic mass is 10.2. The quantitative estimate of drug-likeness (QED) is 0.497. The van der Waals surface area contributed by atoms with Gasteiger partial charge in [-0.15, -0.1) is 0 Å². The Labute approximate surface area is 194 Å². The molecule has 0 radical (unpaired) electrons. The summed E-state index contributed by atoms with van der Waals surface area (Å²) >= 11 is 0. The molecule has 0 bridgehead atoms. The van der Waals surface area contributed by atoms with Gasteiger partial charge in [0.1, 0.15) is 11.8 Å². The second-order valence-corrected chi connectivity index (χ2v) is 8.86. The van der Waals surface area contributed by atoms with Crippen LogP contribution in [0.1, 0.15) is 25.8 Å². The number of ether oxygens (including phenoxy) is 2. The topological polar surface area (TPSA) is 126 Å². The van der Waals surface area contributed by atoms with Crippen LogP contribution in [0.4, 0.5) is 5.69 Å². The van der Waals surface area contributed by atoms with Crippen molar-refractivity contribution in [1.29, 1.82) is 5.26 Å². The Balaban J connectivity index is 2.00. The van der Waals surface area contributed by atoms with E-state index in [1.807, 2.05) is 19.9 Å². The third kappa shape index (κ3) is 7.59.